The summed E-state index contributed by atoms with van der Waals surface area (Å²) in [5, 5.41) is 12.9. The van der Waals surface area contributed by atoms with Gasteiger partial charge in [-0.05, 0) is 49.0 Å². The molecule has 2 rings (SSSR count). The minimum Gasteiger partial charge on any atom is -0.456 e. The van der Waals surface area contributed by atoms with E-state index in [1.54, 1.807) is 30.3 Å². The highest BCUT2D eigenvalue weighted by Crippen LogP contribution is 2.26. The number of rotatable bonds is 4. The van der Waals surface area contributed by atoms with E-state index in [1.807, 2.05) is 19.2 Å². The maximum absolute atomic E-state index is 9.16. The van der Waals surface area contributed by atoms with Crippen molar-refractivity contribution in [1.29, 1.82) is 5.26 Å². The molecular formula is C15H13ClN2O. The van der Waals surface area contributed by atoms with Crippen LogP contribution in [0.2, 0.25) is 5.02 Å². The minimum absolute atomic E-state index is 0.516. The topological polar surface area (TPSA) is 45.0 Å². The van der Waals surface area contributed by atoms with E-state index >= 15 is 0 Å². The molecule has 0 aliphatic rings. The second-order valence-electron chi connectivity index (χ2n) is 4.03. The highest BCUT2D eigenvalue weighted by molar-refractivity contribution is 6.30. The first kappa shape index (κ1) is 13.4. The molecule has 1 N–H and O–H groups in total. The van der Waals surface area contributed by atoms with Crippen LogP contribution in [-0.2, 0) is 6.54 Å². The molecule has 0 unspecified atom stereocenters. The van der Waals surface area contributed by atoms with Gasteiger partial charge in [0, 0.05) is 11.6 Å². The van der Waals surface area contributed by atoms with E-state index in [9.17, 15) is 0 Å². The minimum atomic E-state index is 0.516. The first-order valence-electron chi connectivity index (χ1n) is 5.84. The van der Waals surface area contributed by atoms with Crippen LogP contribution in [0.1, 0.15) is 11.1 Å². The summed E-state index contributed by atoms with van der Waals surface area (Å²) in [5.74, 6) is 1.20. The number of hydrogen-bond donors (Lipinski definition) is 1. The highest BCUT2D eigenvalue weighted by Gasteiger charge is 2.06. The first-order chi connectivity index (χ1) is 9.22. The van der Waals surface area contributed by atoms with E-state index in [2.05, 4.69) is 11.4 Å². The molecule has 0 amide bonds. The second-order valence-corrected chi connectivity index (χ2v) is 4.47. The lowest BCUT2D eigenvalue weighted by atomic mass is 10.1. The summed E-state index contributed by atoms with van der Waals surface area (Å²) in [6.45, 7) is 0.718. The molecule has 0 aliphatic carbocycles. The Hall–Kier alpha value is -2.02. The summed E-state index contributed by atoms with van der Waals surface area (Å²) in [5.41, 5.74) is 1.56. The van der Waals surface area contributed by atoms with Crippen LogP contribution >= 0.6 is 11.6 Å². The van der Waals surface area contributed by atoms with E-state index < -0.39 is 0 Å². The summed E-state index contributed by atoms with van der Waals surface area (Å²) in [6.07, 6.45) is 0. The highest BCUT2D eigenvalue weighted by atomic mass is 35.5. The Labute approximate surface area is 117 Å². The van der Waals surface area contributed by atoms with Gasteiger partial charge in [-0.15, -0.1) is 0 Å². The Morgan fingerprint density at radius 3 is 2.58 bits per heavy atom. The fourth-order valence-corrected chi connectivity index (χ4v) is 1.82. The van der Waals surface area contributed by atoms with Gasteiger partial charge in [0.25, 0.3) is 0 Å². The van der Waals surface area contributed by atoms with Crippen molar-refractivity contribution in [2.24, 2.45) is 0 Å². The summed E-state index contributed by atoms with van der Waals surface area (Å²) in [6, 6.07) is 14.7. The molecule has 0 radical (unpaired) electrons. The van der Waals surface area contributed by atoms with Crippen LogP contribution in [0.3, 0.4) is 0 Å². The van der Waals surface area contributed by atoms with Gasteiger partial charge in [-0.25, -0.2) is 0 Å². The predicted octanol–water partition coefficient (Wildman–Crippen LogP) is 3.72. The molecule has 2 aromatic carbocycles. The molecule has 0 aliphatic heterocycles. The monoisotopic (exact) mass is 272 g/mol. The van der Waals surface area contributed by atoms with Crippen molar-refractivity contribution in [2.45, 2.75) is 6.54 Å². The quantitative estimate of drug-likeness (QED) is 0.922. The zero-order valence-electron chi connectivity index (χ0n) is 10.5. The number of nitrogens with zero attached hydrogens (tertiary/aromatic N) is 1. The maximum atomic E-state index is 9.16. The normalized spacial score (nSPS) is 9.95. The first-order valence-corrected chi connectivity index (χ1v) is 6.22. The maximum Gasteiger partial charge on any atom is 0.145 e. The lowest BCUT2D eigenvalue weighted by Gasteiger charge is -2.09. The zero-order chi connectivity index (χ0) is 13.7. The smallest absolute Gasteiger partial charge is 0.145 e. The van der Waals surface area contributed by atoms with Gasteiger partial charge >= 0.3 is 0 Å². The van der Waals surface area contributed by atoms with Crippen molar-refractivity contribution in [2.75, 3.05) is 7.05 Å². The van der Waals surface area contributed by atoms with E-state index in [0.29, 0.717) is 22.1 Å². The Balaban J connectivity index is 2.25. The van der Waals surface area contributed by atoms with E-state index in [-0.39, 0.29) is 0 Å². The molecule has 19 heavy (non-hydrogen) atoms. The molecule has 4 heteroatoms. The average Bonchev–Trinajstić information content (AvgIpc) is 2.43. The van der Waals surface area contributed by atoms with Crippen molar-refractivity contribution in [1.82, 2.24) is 5.32 Å². The van der Waals surface area contributed by atoms with Crippen LogP contribution in [0.4, 0.5) is 0 Å². The largest absolute Gasteiger partial charge is 0.456 e. The molecule has 0 aromatic heterocycles. The van der Waals surface area contributed by atoms with Gasteiger partial charge < -0.3 is 10.1 Å². The van der Waals surface area contributed by atoms with Crippen LogP contribution in [0.5, 0.6) is 11.5 Å². The van der Waals surface area contributed by atoms with Crippen molar-refractivity contribution in [3.8, 4) is 17.6 Å². The lowest BCUT2D eigenvalue weighted by Crippen LogP contribution is -2.05. The third kappa shape index (κ3) is 3.47. The third-order valence-corrected chi connectivity index (χ3v) is 2.84. The predicted molar refractivity (Wildman–Crippen MR) is 75.4 cm³/mol. The van der Waals surface area contributed by atoms with Crippen LogP contribution < -0.4 is 10.1 Å². The molecule has 96 valence electrons. The van der Waals surface area contributed by atoms with Gasteiger partial charge in [-0.1, -0.05) is 17.7 Å². The molecule has 0 heterocycles. The summed E-state index contributed by atoms with van der Waals surface area (Å²) >= 11 is 5.81. The standard InChI is InChI=1S/C15H13ClN2O/c1-18-10-11-2-7-15(12(8-11)9-17)19-14-5-3-13(16)4-6-14/h2-8,18H,10H2,1H3. The molecule has 3 nitrogen and oxygen atoms in total. The summed E-state index contributed by atoms with van der Waals surface area (Å²) < 4.78 is 5.69. The van der Waals surface area contributed by atoms with Crippen molar-refractivity contribution in [3.05, 3.63) is 58.6 Å². The van der Waals surface area contributed by atoms with Gasteiger partial charge in [0.05, 0.1) is 5.56 Å². The van der Waals surface area contributed by atoms with E-state index in [1.165, 1.54) is 0 Å². The number of hydrogen-bond acceptors (Lipinski definition) is 3. The molecule has 0 spiro atoms. The van der Waals surface area contributed by atoms with E-state index in [4.69, 9.17) is 21.6 Å². The van der Waals surface area contributed by atoms with Crippen molar-refractivity contribution < 1.29 is 4.74 Å². The van der Waals surface area contributed by atoms with Crippen molar-refractivity contribution >= 4 is 11.6 Å². The molecule has 0 saturated carbocycles. The fourth-order valence-electron chi connectivity index (χ4n) is 1.70. The zero-order valence-corrected chi connectivity index (χ0v) is 11.2. The SMILES string of the molecule is CNCc1ccc(Oc2ccc(Cl)cc2)c(C#N)c1. The number of nitriles is 1. The van der Waals surface area contributed by atoms with Crippen LogP contribution in [0.15, 0.2) is 42.5 Å². The van der Waals surface area contributed by atoms with Gasteiger partial charge in [0.2, 0.25) is 0 Å². The Morgan fingerprint density at radius 1 is 1.21 bits per heavy atom. The number of nitrogens with one attached hydrogen (secondary N) is 1. The molecule has 0 saturated heterocycles. The summed E-state index contributed by atoms with van der Waals surface area (Å²) in [4.78, 5) is 0. The number of ether oxygens (including phenoxy) is 1. The third-order valence-electron chi connectivity index (χ3n) is 2.59. The van der Waals surface area contributed by atoms with E-state index in [0.717, 1.165) is 12.1 Å². The molecular weight excluding hydrogens is 260 g/mol. The van der Waals surface area contributed by atoms with Gasteiger partial charge in [-0.3, -0.25) is 0 Å². The molecule has 0 atom stereocenters. The van der Waals surface area contributed by atoms with Crippen LogP contribution in [0, 0.1) is 11.3 Å². The van der Waals surface area contributed by atoms with Gasteiger partial charge in [0.15, 0.2) is 0 Å². The summed E-state index contributed by atoms with van der Waals surface area (Å²) in [7, 11) is 1.87. The number of benzene rings is 2. The van der Waals surface area contributed by atoms with Gasteiger partial charge in [-0.2, -0.15) is 5.26 Å². The van der Waals surface area contributed by atoms with Crippen LogP contribution in [0.25, 0.3) is 0 Å². The Morgan fingerprint density at radius 2 is 1.95 bits per heavy atom. The molecule has 0 fully saturated rings. The fraction of sp³-hybridized carbons (Fsp3) is 0.133. The second kappa shape index (κ2) is 6.24. The number of halogens is 1. The molecule has 2 aromatic rings. The Bertz CT molecular complexity index is 603. The lowest BCUT2D eigenvalue weighted by molar-refractivity contribution is 0.481. The van der Waals surface area contributed by atoms with Crippen LogP contribution in [-0.4, -0.2) is 7.05 Å². The Kier molecular flexibility index (Phi) is 4.40. The van der Waals surface area contributed by atoms with Gasteiger partial charge in [0.1, 0.15) is 17.6 Å². The van der Waals surface area contributed by atoms with Crippen molar-refractivity contribution in [3.63, 3.8) is 0 Å². The average molecular weight is 273 g/mol. The molecule has 0 bridgehead atoms.